The van der Waals surface area contributed by atoms with E-state index in [2.05, 4.69) is 13.8 Å². The van der Waals surface area contributed by atoms with Crippen molar-refractivity contribution in [2.45, 2.75) is 58.5 Å². The van der Waals surface area contributed by atoms with Gasteiger partial charge in [0.25, 0.3) is 0 Å². The van der Waals surface area contributed by atoms with Crippen LogP contribution in [0.25, 0.3) is 0 Å². The van der Waals surface area contributed by atoms with Gasteiger partial charge in [-0.2, -0.15) is 0 Å². The van der Waals surface area contributed by atoms with Gasteiger partial charge >= 0.3 is 0 Å². The maximum Gasteiger partial charge on any atom is 0.146 e. The Kier molecular flexibility index (Phi) is 10.1. The molecule has 0 bridgehead atoms. The number of rotatable bonds is 8. The fraction of sp³-hybridized carbons (Fsp3) is 1.00. The minimum atomic E-state index is 0. The van der Waals surface area contributed by atoms with Crippen LogP contribution in [0.5, 0.6) is 0 Å². The Morgan fingerprint density at radius 2 is 1.87 bits per heavy atom. The molecule has 2 fully saturated rings. The first-order valence-electron chi connectivity index (χ1n) is 8.89. The molecule has 5 atom stereocenters. The van der Waals surface area contributed by atoms with Gasteiger partial charge in [-0.25, -0.2) is 0 Å². The summed E-state index contributed by atoms with van der Waals surface area (Å²) in [7, 11) is 1.69. The molecule has 0 spiro atoms. The third-order valence-corrected chi connectivity index (χ3v) is 6.44. The van der Waals surface area contributed by atoms with Gasteiger partial charge in [0, 0.05) is 70.3 Å². The predicted molar refractivity (Wildman–Crippen MR) is 86.4 cm³/mol. The van der Waals surface area contributed by atoms with Gasteiger partial charge in [0.05, 0.1) is 6.10 Å². The Hall–Kier alpha value is 1.28. The zero-order valence-corrected chi connectivity index (χ0v) is 19.8. The minimum absolute atomic E-state index is 0. The summed E-state index contributed by atoms with van der Waals surface area (Å²) in [5.41, 5.74) is 0.339. The van der Waals surface area contributed by atoms with Crippen molar-refractivity contribution in [2.24, 2.45) is 29.1 Å². The van der Waals surface area contributed by atoms with Gasteiger partial charge in [0.1, 0.15) is 6.79 Å². The van der Waals surface area contributed by atoms with Crippen LogP contribution in [0.2, 0.25) is 0 Å². The predicted octanol–water partition coefficient (Wildman–Crippen LogP) is 2.82. The van der Waals surface area contributed by atoms with Crippen LogP contribution in [0.1, 0.15) is 52.4 Å². The molecule has 0 aliphatic heterocycles. The fourth-order valence-corrected chi connectivity index (χ4v) is 5.35. The van der Waals surface area contributed by atoms with Crippen LogP contribution in [-0.2, 0) is 9.47 Å². The van der Waals surface area contributed by atoms with E-state index in [1.807, 2.05) is 0 Å². The van der Waals surface area contributed by atoms with Crippen molar-refractivity contribution < 1.29 is 63.7 Å². The minimum Gasteiger partial charge on any atom is -0.396 e. The first-order valence-corrected chi connectivity index (χ1v) is 8.89. The molecular formula is C18H34AcO4. The molecule has 0 heterocycles. The molecule has 1 radical (unpaired) electrons. The second-order valence-corrected chi connectivity index (χ2v) is 7.74. The van der Waals surface area contributed by atoms with E-state index in [1.54, 1.807) is 7.11 Å². The molecule has 0 aromatic carbocycles. The maximum absolute atomic E-state index is 9.36. The third kappa shape index (κ3) is 5.14. The molecular weight excluding hydrogens is 507 g/mol. The monoisotopic (exact) mass is 541 g/mol. The molecule has 0 aromatic rings. The van der Waals surface area contributed by atoms with E-state index in [0.717, 1.165) is 12.8 Å². The number of methoxy groups -OCH3 is 1. The average Bonchev–Trinajstić information content (AvgIpc) is 2.87. The fourth-order valence-electron chi connectivity index (χ4n) is 5.35. The van der Waals surface area contributed by atoms with Crippen LogP contribution in [0.3, 0.4) is 0 Å². The Morgan fingerprint density at radius 1 is 1.17 bits per heavy atom. The maximum atomic E-state index is 9.36. The number of ether oxygens (including phenoxy) is 2. The molecule has 1 unspecified atom stereocenters. The number of aliphatic hydroxyl groups excluding tert-OH is 2. The summed E-state index contributed by atoms with van der Waals surface area (Å²) in [5.74, 6) is 1.87. The normalized spacial score (nSPS) is 35.0. The molecule has 0 saturated heterocycles. The summed E-state index contributed by atoms with van der Waals surface area (Å²) in [4.78, 5) is 0. The quantitative estimate of drug-likeness (QED) is 0.465. The van der Waals surface area contributed by atoms with Gasteiger partial charge in [0.15, 0.2) is 0 Å². The molecule has 0 amide bonds. The van der Waals surface area contributed by atoms with E-state index >= 15 is 0 Å². The third-order valence-electron chi connectivity index (χ3n) is 6.44. The molecule has 2 N–H and O–H groups in total. The molecule has 23 heavy (non-hydrogen) atoms. The second-order valence-electron chi connectivity index (χ2n) is 7.74. The molecule has 133 valence electrons. The number of fused-ring (bicyclic) bond motifs is 1. The van der Waals surface area contributed by atoms with Gasteiger partial charge in [-0.15, -0.1) is 0 Å². The summed E-state index contributed by atoms with van der Waals surface area (Å²) in [6.07, 6.45) is 7.41. The van der Waals surface area contributed by atoms with E-state index in [0.29, 0.717) is 36.1 Å². The first kappa shape index (κ1) is 22.3. The van der Waals surface area contributed by atoms with Crippen LogP contribution in [0, 0.1) is 73.1 Å². The molecule has 2 aliphatic carbocycles. The van der Waals surface area contributed by atoms with Crippen molar-refractivity contribution in [1.82, 2.24) is 0 Å². The SMILES string of the molecule is COCO[C@H]1CCC[C@@]2(C)C1CC[C@@H]2[C@H](C)CC(CO)CO.[Ac]. The van der Waals surface area contributed by atoms with Gasteiger partial charge in [-0.3, -0.25) is 0 Å². The van der Waals surface area contributed by atoms with Gasteiger partial charge < -0.3 is 19.7 Å². The topological polar surface area (TPSA) is 58.9 Å². The molecule has 2 rings (SSSR count). The Labute approximate surface area is 177 Å². The number of hydrogen-bond donors (Lipinski definition) is 2. The van der Waals surface area contributed by atoms with Crippen LogP contribution in [-0.4, -0.2) is 43.4 Å². The van der Waals surface area contributed by atoms with Crippen LogP contribution < -0.4 is 0 Å². The van der Waals surface area contributed by atoms with Crippen LogP contribution in [0.15, 0.2) is 0 Å². The largest absolute Gasteiger partial charge is 0.396 e. The van der Waals surface area contributed by atoms with Crippen LogP contribution >= 0.6 is 0 Å². The molecule has 5 heteroatoms. The van der Waals surface area contributed by atoms with E-state index in [4.69, 9.17) is 9.47 Å². The summed E-state index contributed by atoms with van der Waals surface area (Å²) in [5, 5.41) is 18.7. The summed E-state index contributed by atoms with van der Waals surface area (Å²) >= 11 is 0. The molecule has 2 aliphatic rings. The van der Waals surface area contributed by atoms with Gasteiger partial charge in [-0.05, 0) is 55.3 Å². The number of hydrogen-bond acceptors (Lipinski definition) is 4. The van der Waals surface area contributed by atoms with Gasteiger partial charge in [-0.1, -0.05) is 20.3 Å². The van der Waals surface area contributed by atoms with E-state index in [1.165, 1.54) is 25.7 Å². The first-order chi connectivity index (χ1) is 10.6. The summed E-state index contributed by atoms with van der Waals surface area (Å²) in [6, 6.07) is 0. The average molecular weight is 541 g/mol. The smallest absolute Gasteiger partial charge is 0.146 e. The molecule has 0 aromatic heterocycles. The van der Waals surface area contributed by atoms with Crippen molar-refractivity contribution >= 4 is 0 Å². The van der Waals surface area contributed by atoms with Crippen LogP contribution in [0.4, 0.5) is 0 Å². The van der Waals surface area contributed by atoms with Crippen molar-refractivity contribution in [1.29, 1.82) is 0 Å². The van der Waals surface area contributed by atoms with Crippen molar-refractivity contribution in [3.05, 3.63) is 0 Å². The summed E-state index contributed by atoms with van der Waals surface area (Å²) in [6.45, 7) is 5.33. The zero-order valence-electron chi connectivity index (χ0n) is 15.0. The molecule has 2 saturated carbocycles. The van der Waals surface area contributed by atoms with Crippen molar-refractivity contribution in [3.8, 4) is 0 Å². The zero-order chi connectivity index (χ0) is 16.2. The standard InChI is InChI=1S/C18H34O4.Ac/c1-13(9-14(10-19)11-20)15-6-7-16-17(22-12-21-3)5-4-8-18(15,16)2;/h13-17,19-20H,4-12H2,1-3H3;/t13-,15-,16?,17+,18-;/m1./s1. The van der Waals surface area contributed by atoms with E-state index in [9.17, 15) is 10.2 Å². The Bertz CT molecular complexity index is 337. The van der Waals surface area contributed by atoms with Crippen molar-refractivity contribution in [3.63, 3.8) is 0 Å². The van der Waals surface area contributed by atoms with E-state index in [-0.39, 0.29) is 63.2 Å². The van der Waals surface area contributed by atoms with Crippen molar-refractivity contribution in [2.75, 3.05) is 27.1 Å². The Morgan fingerprint density at radius 3 is 2.48 bits per heavy atom. The second kappa shape index (κ2) is 10.4. The van der Waals surface area contributed by atoms with E-state index < -0.39 is 0 Å². The Balaban J connectivity index is 0.00000264. The number of aliphatic hydroxyl groups is 2. The summed E-state index contributed by atoms with van der Waals surface area (Å²) < 4.78 is 11.1. The van der Waals surface area contributed by atoms with Gasteiger partial charge in [0.2, 0.25) is 0 Å². The molecule has 4 nitrogen and oxygen atoms in total.